The van der Waals surface area contributed by atoms with Gasteiger partial charge in [0.25, 0.3) is 11.8 Å². The van der Waals surface area contributed by atoms with Gasteiger partial charge in [-0.1, -0.05) is 18.2 Å². The van der Waals surface area contributed by atoms with Gasteiger partial charge < -0.3 is 15.2 Å². The molecule has 208 valence electrons. The molecule has 2 N–H and O–H groups in total. The third-order valence-corrected chi connectivity index (χ3v) is 6.58. The predicted molar refractivity (Wildman–Crippen MR) is 134 cm³/mol. The molecule has 3 aromatic rings. The van der Waals surface area contributed by atoms with Crippen molar-refractivity contribution in [2.75, 3.05) is 24.7 Å². The number of aromatic nitrogens is 2. The van der Waals surface area contributed by atoms with Crippen molar-refractivity contribution < 1.29 is 37.0 Å². The average Bonchev–Trinajstić information content (AvgIpc) is 3.19. The maximum absolute atomic E-state index is 14.0. The van der Waals surface area contributed by atoms with Gasteiger partial charge in [0, 0.05) is 24.1 Å². The number of nitrogens with zero attached hydrogens (tertiary/aromatic N) is 3. The molecule has 0 unspecified atom stereocenters. The lowest BCUT2D eigenvalue weighted by molar-refractivity contribution is -0.137. The van der Waals surface area contributed by atoms with E-state index in [9.17, 15) is 32.3 Å². The number of anilines is 1. The number of alkyl halides is 3. The molecule has 0 aliphatic carbocycles. The van der Waals surface area contributed by atoms with Crippen LogP contribution in [0.2, 0.25) is 0 Å². The fourth-order valence-corrected chi connectivity index (χ4v) is 4.38. The maximum atomic E-state index is 14.0. The van der Waals surface area contributed by atoms with Crippen LogP contribution < -0.4 is 10.2 Å². The number of aliphatic hydroxyl groups excluding tert-OH is 1. The van der Waals surface area contributed by atoms with E-state index in [1.54, 1.807) is 18.5 Å². The Kier molecular flexibility index (Phi) is 8.36. The first-order valence-electron chi connectivity index (χ1n) is 12.3. The molecular formula is C27H28F4N4O4. The van der Waals surface area contributed by atoms with Gasteiger partial charge in [-0.3, -0.25) is 14.5 Å². The molecule has 1 aliphatic heterocycles. The summed E-state index contributed by atoms with van der Waals surface area (Å²) in [4.78, 5) is 28.5. The zero-order valence-corrected chi connectivity index (χ0v) is 21.3. The molecule has 8 nitrogen and oxygen atoms in total. The standard InChI is InChI=1S/C27H28F4N4O4/c1-3-34(25-16(2)23(13-36)33-35(25)21-14-39-15-21)26(38)22(11-17-7-9-20(28)10-8-17)32-24(37)18-5-4-6-19(12-18)27(29,30)31/h4-10,12,21-22,36H,3,11,13-15H2,1-2H3,(H,32,37)/t22-/m0/s1. The topological polar surface area (TPSA) is 96.7 Å². The highest BCUT2D eigenvalue weighted by Gasteiger charge is 2.35. The highest BCUT2D eigenvalue weighted by Crippen LogP contribution is 2.31. The van der Waals surface area contributed by atoms with Gasteiger partial charge in [0.05, 0.1) is 31.1 Å². The number of carbonyl (C=O) groups excluding carboxylic acids is 2. The van der Waals surface area contributed by atoms with Crippen LogP contribution in [0.25, 0.3) is 0 Å². The van der Waals surface area contributed by atoms with E-state index in [1.807, 2.05) is 0 Å². The van der Waals surface area contributed by atoms with Crippen molar-refractivity contribution in [1.82, 2.24) is 15.1 Å². The van der Waals surface area contributed by atoms with Crippen LogP contribution in [0.15, 0.2) is 48.5 Å². The molecule has 0 spiro atoms. The van der Waals surface area contributed by atoms with Crippen LogP contribution in [0.5, 0.6) is 0 Å². The molecule has 0 bridgehead atoms. The lowest BCUT2D eigenvalue weighted by atomic mass is 10.0. The Labute approximate surface area is 222 Å². The number of amides is 2. The quantitative estimate of drug-likeness (QED) is 0.397. The van der Waals surface area contributed by atoms with E-state index in [1.165, 1.54) is 35.2 Å². The largest absolute Gasteiger partial charge is 0.416 e. The van der Waals surface area contributed by atoms with E-state index < -0.39 is 35.4 Å². The average molecular weight is 549 g/mol. The van der Waals surface area contributed by atoms with Crippen molar-refractivity contribution in [3.63, 3.8) is 0 Å². The summed E-state index contributed by atoms with van der Waals surface area (Å²) in [5.41, 5.74) is 0.227. The molecule has 12 heteroatoms. The zero-order valence-electron chi connectivity index (χ0n) is 21.3. The first-order chi connectivity index (χ1) is 18.5. The minimum atomic E-state index is -4.65. The summed E-state index contributed by atoms with van der Waals surface area (Å²) in [5.74, 6) is -1.47. The van der Waals surface area contributed by atoms with Crippen LogP contribution in [0.3, 0.4) is 0 Å². The van der Waals surface area contributed by atoms with Gasteiger partial charge in [-0.2, -0.15) is 18.3 Å². The monoisotopic (exact) mass is 548 g/mol. The summed E-state index contributed by atoms with van der Waals surface area (Å²) in [6, 6.07) is 7.90. The Hall–Kier alpha value is -3.77. The van der Waals surface area contributed by atoms with Gasteiger partial charge in [0.2, 0.25) is 0 Å². The Morgan fingerprint density at radius 3 is 2.46 bits per heavy atom. The minimum absolute atomic E-state index is 0.0487. The van der Waals surface area contributed by atoms with Gasteiger partial charge in [-0.05, 0) is 49.7 Å². The van der Waals surface area contributed by atoms with Crippen LogP contribution in [0.4, 0.5) is 23.4 Å². The highest BCUT2D eigenvalue weighted by molar-refractivity contribution is 6.02. The van der Waals surface area contributed by atoms with Crippen LogP contribution >= 0.6 is 0 Å². The lowest BCUT2D eigenvalue weighted by Gasteiger charge is -2.33. The van der Waals surface area contributed by atoms with Gasteiger partial charge in [-0.15, -0.1) is 0 Å². The molecule has 4 rings (SSSR count). The first kappa shape index (κ1) is 28.2. The van der Waals surface area contributed by atoms with E-state index in [0.717, 1.165) is 18.2 Å². The third kappa shape index (κ3) is 6.12. The van der Waals surface area contributed by atoms with Crippen molar-refractivity contribution in [3.8, 4) is 0 Å². The van der Waals surface area contributed by atoms with Crippen molar-refractivity contribution in [2.45, 2.75) is 45.1 Å². The Morgan fingerprint density at radius 1 is 1.21 bits per heavy atom. The molecule has 1 saturated heterocycles. The number of aliphatic hydroxyl groups is 1. The number of nitrogens with one attached hydrogen (secondary N) is 1. The van der Waals surface area contributed by atoms with E-state index in [0.29, 0.717) is 35.9 Å². The third-order valence-electron chi connectivity index (χ3n) is 6.58. The Morgan fingerprint density at radius 2 is 1.90 bits per heavy atom. The molecule has 2 aromatic carbocycles. The van der Waals surface area contributed by atoms with E-state index in [2.05, 4.69) is 10.4 Å². The van der Waals surface area contributed by atoms with Gasteiger partial charge >= 0.3 is 6.18 Å². The predicted octanol–water partition coefficient (Wildman–Crippen LogP) is 3.81. The second-order valence-corrected chi connectivity index (χ2v) is 9.21. The molecule has 2 heterocycles. The minimum Gasteiger partial charge on any atom is -0.390 e. The Balaban J connectivity index is 1.69. The van der Waals surface area contributed by atoms with Crippen molar-refractivity contribution in [1.29, 1.82) is 0 Å². The van der Waals surface area contributed by atoms with Crippen LogP contribution in [0.1, 0.15) is 45.7 Å². The molecular weight excluding hydrogens is 520 g/mol. The van der Waals surface area contributed by atoms with Gasteiger partial charge in [0.1, 0.15) is 23.7 Å². The molecule has 1 atom stereocenters. The summed E-state index contributed by atoms with van der Waals surface area (Å²) in [5, 5.41) is 16.8. The molecule has 0 saturated carbocycles. The van der Waals surface area contributed by atoms with E-state index >= 15 is 0 Å². The van der Waals surface area contributed by atoms with Crippen molar-refractivity contribution in [3.05, 3.63) is 82.3 Å². The summed E-state index contributed by atoms with van der Waals surface area (Å²) < 4.78 is 60.1. The van der Waals surface area contributed by atoms with Crippen LogP contribution in [-0.4, -0.2) is 52.5 Å². The second kappa shape index (κ2) is 11.5. The zero-order chi connectivity index (χ0) is 28.3. The SMILES string of the molecule is CCN(C(=O)[C@H](Cc1ccc(F)cc1)NC(=O)c1cccc(C(F)(F)F)c1)c1c(C)c(CO)nn1C1COC1. The second-order valence-electron chi connectivity index (χ2n) is 9.21. The number of benzene rings is 2. The molecule has 1 aromatic heterocycles. The Bertz CT molecular complexity index is 1340. The highest BCUT2D eigenvalue weighted by atomic mass is 19.4. The molecule has 39 heavy (non-hydrogen) atoms. The van der Waals surface area contributed by atoms with Gasteiger partial charge in [0.15, 0.2) is 0 Å². The van der Waals surface area contributed by atoms with Crippen molar-refractivity contribution >= 4 is 17.6 Å². The number of ether oxygens (including phenoxy) is 1. The molecule has 2 amide bonds. The summed E-state index contributed by atoms with van der Waals surface area (Å²) in [6.07, 6.45) is -4.70. The number of likely N-dealkylation sites (N-methyl/N-ethyl adjacent to an activating group) is 1. The molecule has 0 radical (unpaired) electrons. The fourth-order valence-electron chi connectivity index (χ4n) is 4.38. The van der Waals surface area contributed by atoms with E-state index in [4.69, 9.17) is 4.74 Å². The number of rotatable bonds is 9. The number of hydrogen-bond donors (Lipinski definition) is 2. The van der Waals surface area contributed by atoms with Crippen LogP contribution in [0, 0.1) is 12.7 Å². The van der Waals surface area contributed by atoms with Gasteiger partial charge in [-0.25, -0.2) is 9.07 Å². The number of hydrogen-bond acceptors (Lipinski definition) is 5. The van der Waals surface area contributed by atoms with Crippen LogP contribution in [-0.2, 0) is 28.7 Å². The number of halogens is 4. The first-order valence-corrected chi connectivity index (χ1v) is 12.3. The fraction of sp³-hybridized carbons (Fsp3) is 0.370. The molecule has 1 aliphatic rings. The molecule has 1 fully saturated rings. The number of carbonyl (C=O) groups is 2. The summed E-state index contributed by atoms with van der Waals surface area (Å²) >= 11 is 0. The smallest absolute Gasteiger partial charge is 0.390 e. The van der Waals surface area contributed by atoms with E-state index in [-0.39, 0.29) is 31.2 Å². The van der Waals surface area contributed by atoms with Crippen molar-refractivity contribution in [2.24, 2.45) is 0 Å². The summed E-state index contributed by atoms with van der Waals surface area (Å²) in [6.45, 7) is 4.01. The lowest BCUT2D eigenvalue weighted by Crippen LogP contribution is -2.51. The normalized spacial score (nSPS) is 14.5. The summed E-state index contributed by atoms with van der Waals surface area (Å²) in [7, 11) is 0. The maximum Gasteiger partial charge on any atom is 0.416 e.